The number of esters is 1. The van der Waals surface area contributed by atoms with Crippen LogP contribution in [0.5, 0.6) is 0 Å². The molecule has 1 aliphatic rings. The van der Waals surface area contributed by atoms with E-state index in [4.69, 9.17) is 9.84 Å². The maximum Gasteiger partial charge on any atom is 0.508 e. The molecule has 1 aliphatic heterocycles. The normalized spacial score (nSPS) is 13.8. The van der Waals surface area contributed by atoms with E-state index in [-0.39, 0.29) is 26.4 Å². The molecule has 0 aromatic carbocycles. The van der Waals surface area contributed by atoms with E-state index in [0.29, 0.717) is 0 Å². The second-order valence-corrected chi connectivity index (χ2v) is 3.75. The van der Waals surface area contributed by atoms with E-state index in [1.165, 1.54) is 12.2 Å². The largest absolute Gasteiger partial charge is 0.508 e. The van der Waals surface area contributed by atoms with Gasteiger partial charge in [0.15, 0.2) is 0 Å². The molecule has 0 unspecified atom stereocenters. The fraction of sp³-hybridized carbons (Fsp3) is 0.625. The lowest BCUT2D eigenvalue weighted by molar-refractivity contribution is -0.164. The van der Waals surface area contributed by atoms with E-state index in [9.17, 15) is 9.59 Å². The van der Waals surface area contributed by atoms with Gasteiger partial charge in [0, 0.05) is 0 Å². The van der Waals surface area contributed by atoms with Crippen LogP contribution >= 0.6 is 0 Å². The fourth-order valence-corrected chi connectivity index (χ4v) is 0.946. The lowest BCUT2D eigenvalue weighted by Gasteiger charge is -2.29. The Kier molecular flexibility index (Phi) is 19.7. The van der Waals surface area contributed by atoms with Crippen molar-refractivity contribution in [3.8, 4) is 0 Å². The molecule has 6 heteroatoms. The first kappa shape index (κ1) is 25.2. The first-order valence-electron chi connectivity index (χ1n) is 7.29. The van der Waals surface area contributed by atoms with Crippen LogP contribution in [0.4, 0.5) is 4.79 Å². The zero-order valence-corrected chi connectivity index (χ0v) is 14.4. The maximum atomic E-state index is 11.4. The first-order chi connectivity index (χ1) is 10.5. The van der Waals surface area contributed by atoms with Crippen molar-refractivity contribution in [1.82, 2.24) is 0 Å². The number of hydrogen-bond donors (Lipinski definition) is 1. The summed E-state index contributed by atoms with van der Waals surface area (Å²) < 4.78 is 14.1. The van der Waals surface area contributed by atoms with Crippen molar-refractivity contribution in [3.63, 3.8) is 0 Å². The SMILES string of the molecule is C=CCO.C=CCOC(=O)C1(C)COC(=O)OC1.CC.CC. The minimum Gasteiger partial charge on any atom is -0.461 e. The number of aliphatic hydroxyl groups is 1. The van der Waals surface area contributed by atoms with E-state index in [0.717, 1.165) is 0 Å². The van der Waals surface area contributed by atoms with Crippen molar-refractivity contribution >= 4 is 12.1 Å². The van der Waals surface area contributed by atoms with Gasteiger partial charge in [0.25, 0.3) is 0 Å². The van der Waals surface area contributed by atoms with Gasteiger partial charge >= 0.3 is 12.1 Å². The Labute approximate surface area is 133 Å². The van der Waals surface area contributed by atoms with Crippen LogP contribution in [0.1, 0.15) is 34.6 Å². The Morgan fingerprint density at radius 3 is 1.95 bits per heavy atom. The Morgan fingerprint density at radius 2 is 1.64 bits per heavy atom. The average Bonchev–Trinajstić information content (AvgIpc) is 2.59. The molecule has 0 amide bonds. The third-order valence-electron chi connectivity index (χ3n) is 1.97. The maximum absolute atomic E-state index is 11.4. The number of hydrogen-bond acceptors (Lipinski definition) is 6. The molecule has 0 spiro atoms. The molecule has 0 saturated carbocycles. The average molecular weight is 318 g/mol. The van der Waals surface area contributed by atoms with Crippen molar-refractivity contribution in [2.45, 2.75) is 34.6 Å². The Bertz CT molecular complexity index is 302. The Morgan fingerprint density at radius 1 is 1.23 bits per heavy atom. The van der Waals surface area contributed by atoms with Crippen molar-refractivity contribution in [2.75, 3.05) is 26.4 Å². The predicted octanol–water partition coefficient (Wildman–Crippen LogP) is 3.11. The van der Waals surface area contributed by atoms with Crippen molar-refractivity contribution in [3.05, 3.63) is 25.3 Å². The van der Waals surface area contributed by atoms with Gasteiger partial charge in [0.2, 0.25) is 0 Å². The predicted molar refractivity (Wildman–Crippen MR) is 86.5 cm³/mol. The number of carbonyl (C=O) groups is 2. The molecule has 1 N–H and O–H groups in total. The van der Waals surface area contributed by atoms with Crippen molar-refractivity contribution < 1.29 is 28.9 Å². The minimum atomic E-state index is -0.906. The van der Waals surface area contributed by atoms with Crippen LogP contribution in [0.2, 0.25) is 0 Å². The molecule has 22 heavy (non-hydrogen) atoms. The lowest BCUT2D eigenvalue weighted by atomic mass is 9.93. The minimum absolute atomic E-state index is 0.0121. The van der Waals surface area contributed by atoms with Crippen LogP contribution in [-0.4, -0.2) is 43.7 Å². The van der Waals surface area contributed by atoms with E-state index >= 15 is 0 Å². The van der Waals surface area contributed by atoms with E-state index in [2.05, 4.69) is 22.6 Å². The van der Waals surface area contributed by atoms with Crippen LogP contribution in [0.3, 0.4) is 0 Å². The van der Waals surface area contributed by atoms with E-state index in [1.54, 1.807) is 6.92 Å². The third-order valence-corrected chi connectivity index (χ3v) is 1.97. The zero-order chi connectivity index (χ0) is 18.0. The summed E-state index contributed by atoms with van der Waals surface area (Å²) in [6.07, 6.45) is 2.15. The van der Waals surface area contributed by atoms with Gasteiger partial charge in [0.1, 0.15) is 25.2 Å². The number of aliphatic hydroxyl groups excluding tert-OH is 1. The highest BCUT2D eigenvalue weighted by molar-refractivity contribution is 5.78. The summed E-state index contributed by atoms with van der Waals surface area (Å²) in [6, 6.07) is 0. The van der Waals surface area contributed by atoms with E-state index < -0.39 is 17.5 Å². The molecule has 1 fully saturated rings. The number of rotatable bonds is 4. The highest BCUT2D eigenvalue weighted by atomic mass is 16.7. The topological polar surface area (TPSA) is 82.1 Å². The summed E-state index contributed by atoms with van der Waals surface area (Å²) in [4.78, 5) is 22.0. The van der Waals surface area contributed by atoms with Gasteiger partial charge in [-0.15, -0.1) is 6.58 Å². The fourth-order valence-electron chi connectivity index (χ4n) is 0.946. The number of ether oxygens (including phenoxy) is 3. The van der Waals surface area contributed by atoms with Gasteiger partial charge in [-0.1, -0.05) is 46.4 Å². The highest BCUT2D eigenvalue weighted by Crippen LogP contribution is 2.23. The molecule has 0 aromatic heterocycles. The van der Waals surface area contributed by atoms with Gasteiger partial charge in [-0.3, -0.25) is 4.79 Å². The van der Waals surface area contributed by atoms with Gasteiger partial charge in [0.05, 0.1) is 6.61 Å². The molecule has 0 radical (unpaired) electrons. The number of cyclic esters (lactones) is 2. The molecule has 0 bridgehead atoms. The summed E-state index contributed by atoms with van der Waals surface area (Å²) in [6.45, 7) is 16.5. The molecule has 0 aromatic rings. The first-order valence-corrected chi connectivity index (χ1v) is 7.29. The summed E-state index contributed by atoms with van der Waals surface area (Å²) in [5, 5.41) is 7.76. The highest BCUT2D eigenvalue weighted by Gasteiger charge is 2.41. The molecule has 1 rings (SSSR count). The molecular weight excluding hydrogens is 288 g/mol. The second-order valence-electron chi connectivity index (χ2n) is 3.75. The van der Waals surface area contributed by atoms with Crippen LogP contribution in [0.15, 0.2) is 25.3 Å². The molecular formula is C16H30O6. The Balaban J connectivity index is -0.000000383. The molecule has 0 aliphatic carbocycles. The van der Waals surface area contributed by atoms with Gasteiger partial charge < -0.3 is 19.3 Å². The summed E-state index contributed by atoms with van der Waals surface area (Å²) in [5.41, 5.74) is -0.906. The smallest absolute Gasteiger partial charge is 0.461 e. The molecule has 6 nitrogen and oxygen atoms in total. The van der Waals surface area contributed by atoms with Crippen LogP contribution in [0, 0.1) is 5.41 Å². The molecule has 130 valence electrons. The third kappa shape index (κ3) is 12.0. The van der Waals surface area contributed by atoms with Crippen LogP contribution in [-0.2, 0) is 19.0 Å². The van der Waals surface area contributed by atoms with Gasteiger partial charge in [-0.05, 0) is 6.92 Å². The lowest BCUT2D eigenvalue weighted by Crippen LogP contribution is -2.44. The summed E-state index contributed by atoms with van der Waals surface area (Å²) in [5.74, 6) is -0.454. The summed E-state index contributed by atoms with van der Waals surface area (Å²) in [7, 11) is 0. The van der Waals surface area contributed by atoms with Crippen molar-refractivity contribution in [1.29, 1.82) is 0 Å². The van der Waals surface area contributed by atoms with E-state index in [1.807, 2.05) is 27.7 Å². The molecule has 1 heterocycles. The quantitative estimate of drug-likeness (QED) is 0.633. The van der Waals surface area contributed by atoms with Crippen molar-refractivity contribution in [2.24, 2.45) is 5.41 Å². The monoisotopic (exact) mass is 318 g/mol. The Hall–Kier alpha value is -1.82. The van der Waals surface area contributed by atoms with Crippen LogP contribution < -0.4 is 0 Å². The molecule has 1 saturated heterocycles. The standard InChI is InChI=1S/C9H12O5.C3H6O.2C2H6/c1-3-4-12-7(10)9(2)5-13-8(11)14-6-9;1-2-3-4;2*1-2/h3H,1,4-6H2,2H3;2,4H,1,3H2;2*1-2H3. The summed E-state index contributed by atoms with van der Waals surface area (Å²) >= 11 is 0. The zero-order valence-electron chi connectivity index (χ0n) is 14.4. The number of carbonyl (C=O) groups excluding carboxylic acids is 2. The van der Waals surface area contributed by atoms with Gasteiger partial charge in [-0.25, -0.2) is 4.79 Å². The second kappa shape index (κ2) is 17.2. The van der Waals surface area contributed by atoms with Gasteiger partial charge in [-0.2, -0.15) is 0 Å². The molecule has 0 atom stereocenters. The van der Waals surface area contributed by atoms with Crippen LogP contribution in [0.25, 0.3) is 0 Å².